The Labute approximate surface area is 250 Å². The molecule has 0 saturated heterocycles. The number of fused-ring (bicyclic) bond motifs is 4. The van der Waals surface area contributed by atoms with Gasteiger partial charge in [-0.2, -0.15) is 0 Å². The number of rotatable bonds is 4. The van der Waals surface area contributed by atoms with E-state index < -0.39 is 29.4 Å². The quantitative estimate of drug-likeness (QED) is 0.171. The van der Waals surface area contributed by atoms with Crippen LogP contribution in [0.4, 0.5) is 11.4 Å². The predicted octanol–water partition coefficient (Wildman–Crippen LogP) is 6.83. The van der Waals surface area contributed by atoms with Crippen LogP contribution in [0.2, 0.25) is 0 Å². The molecule has 0 atom stereocenters. The highest BCUT2D eigenvalue weighted by atomic mass is 16.2. The largest absolute Gasteiger partial charge is 0.289 e. The number of ketones is 1. The number of amides is 4. The first-order chi connectivity index (χ1) is 21.4. The van der Waals surface area contributed by atoms with Gasteiger partial charge in [-0.15, -0.1) is 0 Å². The normalized spacial score (nSPS) is 14.1. The maximum absolute atomic E-state index is 13.7. The number of hydrogen-bond acceptors (Lipinski definition) is 5. The van der Waals surface area contributed by atoms with Gasteiger partial charge in [0.2, 0.25) is 0 Å². The molecule has 7 nitrogen and oxygen atoms in total. The molecule has 2 aliphatic heterocycles. The van der Waals surface area contributed by atoms with E-state index in [0.29, 0.717) is 11.4 Å². The predicted molar refractivity (Wildman–Crippen MR) is 166 cm³/mol. The van der Waals surface area contributed by atoms with Crippen molar-refractivity contribution in [3.8, 4) is 0 Å². The van der Waals surface area contributed by atoms with Crippen molar-refractivity contribution < 1.29 is 24.0 Å². The molecular formula is C37H20N2O5. The van der Waals surface area contributed by atoms with E-state index in [2.05, 4.69) is 0 Å². The first kappa shape index (κ1) is 25.5. The van der Waals surface area contributed by atoms with Crippen LogP contribution in [0.5, 0.6) is 0 Å². The molecule has 4 amide bonds. The van der Waals surface area contributed by atoms with E-state index in [1.165, 1.54) is 36.4 Å². The van der Waals surface area contributed by atoms with Crippen molar-refractivity contribution in [1.82, 2.24) is 0 Å². The third kappa shape index (κ3) is 3.59. The number of imide groups is 2. The Bertz CT molecular complexity index is 2130. The van der Waals surface area contributed by atoms with Crippen molar-refractivity contribution in [2.45, 2.75) is 0 Å². The van der Waals surface area contributed by atoms with Gasteiger partial charge >= 0.3 is 0 Å². The summed E-state index contributed by atoms with van der Waals surface area (Å²) in [6.45, 7) is 0. The van der Waals surface area contributed by atoms with E-state index >= 15 is 0 Å². The molecule has 0 bridgehead atoms. The van der Waals surface area contributed by atoms with E-state index in [4.69, 9.17) is 0 Å². The average Bonchev–Trinajstić information content (AvgIpc) is 3.46. The van der Waals surface area contributed by atoms with Crippen molar-refractivity contribution in [2.75, 3.05) is 9.80 Å². The van der Waals surface area contributed by atoms with Crippen LogP contribution in [0.25, 0.3) is 21.5 Å². The molecule has 6 aromatic rings. The summed E-state index contributed by atoms with van der Waals surface area (Å²) in [5.41, 5.74) is 1.99. The summed E-state index contributed by atoms with van der Waals surface area (Å²) in [7, 11) is 0. The van der Waals surface area contributed by atoms with Gasteiger partial charge in [0.25, 0.3) is 23.6 Å². The van der Waals surface area contributed by atoms with Crippen LogP contribution in [-0.4, -0.2) is 29.4 Å². The molecule has 0 aliphatic carbocycles. The Balaban J connectivity index is 1.13. The minimum absolute atomic E-state index is 0.128. The van der Waals surface area contributed by atoms with Gasteiger partial charge in [0.15, 0.2) is 5.78 Å². The molecule has 0 unspecified atom stereocenters. The Hall–Kier alpha value is -6.21. The van der Waals surface area contributed by atoms with Gasteiger partial charge in [-0.1, -0.05) is 84.9 Å². The summed E-state index contributed by atoms with van der Waals surface area (Å²) in [6.07, 6.45) is 0. The molecule has 7 heteroatoms. The SMILES string of the molecule is O=C(c1ccc2c(c1)C(=O)N(c1cccc3ccccc13)C2=O)c1ccc2c(c1)C(=O)N(c1cccc3ccccc13)C2=O. The van der Waals surface area contributed by atoms with E-state index in [1.54, 1.807) is 24.3 Å². The number of carbonyl (C=O) groups excluding carboxylic acids is 5. The van der Waals surface area contributed by atoms with Crippen LogP contribution >= 0.6 is 0 Å². The fourth-order valence-corrected chi connectivity index (χ4v) is 6.17. The van der Waals surface area contributed by atoms with Crippen molar-refractivity contribution in [2.24, 2.45) is 0 Å². The summed E-state index contributed by atoms with van der Waals surface area (Å²) < 4.78 is 0. The van der Waals surface area contributed by atoms with Gasteiger partial charge < -0.3 is 0 Å². The van der Waals surface area contributed by atoms with Gasteiger partial charge in [-0.05, 0) is 47.2 Å². The number of nitrogens with zero attached hydrogens (tertiary/aromatic N) is 2. The van der Waals surface area contributed by atoms with Gasteiger partial charge in [0.1, 0.15) is 0 Å². The van der Waals surface area contributed by atoms with Crippen molar-refractivity contribution in [3.05, 3.63) is 155 Å². The topological polar surface area (TPSA) is 91.8 Å². The van der Waals surface area contributed by atoms with Crippen molar-refractivity contribution in [3.63, 3.8) is 0 Å². The molecule has 0 radical (unpaired) electrons. The lowest BCUT2D eigenvalue weighted by atomic mass is 9.96. The van der Waals surface area contributed by atoms with Crippen LogP contribution in [0, 0.1) is 0 Å². The van der Waals surface area contributed by atoms with Crippen LogP contribution in [0.3, 0.4) is 0 Å². The molecular weight excluding hydrogens is 552 g/mol. The summed E-state index contributed by atoms with van der Waals surface area (Å²) >= 11 is 0. The van der Waals surface area contributed by atoms with E-state index in [0.717, 1.165) is 31.3 Å². The molecule has 208 valence electrons. The average molecular weight is 573 g/mol. The standard InChI is InChI=1S/C37H20N2O5/c40-33(23-15-17-27-29(19-23)36(43)38(34(27)41)31-13-5-9-21-7-1-3-11-25(21)31)24-16-18-28-30(20-24)37(44)39(35(28)42)32-14-6-10-22-8-2-4-12-26(22)32/h1-20H. The summed E-state index contributed by atoms with van der Waals surface area (Å²) in [4.78, 5) is 69.8. The number of benzene rings is 6. The van der Waals surface area contributed by atoms with Gasteiger partial charge in [0.05, 0.1) is 33.6 Å². The second-order valence-electron chi connectivity index (χ2n) is 10.7. The Kier molecular flexibility index (Phi) is 5.45. The van der Waals surface area contributed by atoms with Gasteiger partial charge in [-0.3, -0.25) is 24.0 Å². The fourth-order valence-electron chi connectivity index (χ4n) is 6.17. The van der Waals surface area contributed by atoms with E-state index in [-0.39, 0.29) is 33.4 Å². The van der Waals surface area contributed by atoms with Gasteiger partial charge in [0, 0.05) is 21.9 Å². The third-order valence-electron chi connectivity index (χ3n) is 8.31. The first-order valence-corrected chi connectivity index (χ1v) is 14.0. The second kappa shape index (κ2) is 9.40. The zero-order valence-corrected chi connectivity index (χ0v) is 23.0. The highest BCUT2D eigenvalue weighted by molar-refractivity contribution is 6.37. The van der Waals surface area contributed by atoms with Crippen LogP contribution in [0.1, 0.15) is 57.4 Å². The maximum Gasteiger partial charge on any atom is 0.266 e. The smallest absolute Gasteiger partial charge is 0.266 e. The zero-order chi connectivity index (χ0) is 30.1. The molecule has 0 N–H and O–H groups in total. The van der Waals surface area contributed by atoms with Gasteiger partial charge in [-0.25, -0.2) is 9.80 Å². The Morgan fingerprint density at radius 3 is 1.25 bits per heavy atom. The molecule has 8 rings (SSSR count). The first-order valence-electron chi connectivity index (χ1n) is 14.0. The lowest BCUT2D eigenvalue weighted by Gasteiger charge is -2.16. The third-order valence-corrected chi connectivity index (χ3v) is 8.31. The minimum Gasteiger partial charge on any atom is -0.289 e. The molecule has 0 saturated carbocycles. The van der Waals surface area contributed by atoms with Crippen molar-refractivity contribution in [1.29, 1.82) is 0 Å². The number of carbonyl (C=O) groups is 5. The Morgan fingerprint density at radius 2 is 0.795 bits per heavy atom. The summed E-state index contributed by atoms with van der Waals surface area (Å²) in [5.74, 6) is -2.40. The zero-order valence-electron chi connectivity index (χ0n) is 23.0. The monoisotopic (exact) mass is 572 g/mol. The molecule has 2 heterocycles. The molecule has 44 heavy (non-hydrogen) atoms. The molecule has 2 aliphatic rings. The van der Waals surface area contributed by atoms with Crippen LogP contribution in [-0.2, 0) is 0 Å². The molecule has 0 spiro atoms. The summed E-state index contributed by atoms with van der Waals surface area (Å²) in [6, 6.07) is 34.6. The molecule has 0 fully saturated rings. The maximum atomic E-state index is 13.7. The van der Waals surface area contributed by atoms with Crippen LogP contribution in [0.15, 0.2) is 121 Å². The number of hydrogen-bond donors (Lipinski definition) is 0. The Morgan fingerprint density at radius 1 is 0.409 bits per heavy atom. The van der Waals surface area contributed by atoms with Crippen molar-refractivity contribution >= 4 is 62.3 Å². The highest BCUT2D eigenvalue weighted by Crippen LogP contribution is 2.36. The number of anilines is 2. The highest BCUT2D eigenvalue weighted by Gasteiger charge is 2.39. The minimum atomic E-state index is -0.517. The molecule has 0 aromatic heterocycles. The lowest BCUT2D eigenvalue weighted by molar-refractivity contribution is 0.0910. The molecule has 6 aromatic carbocycles. The van der Waals surface area contributed by atoms with Crippen LogP contribution < -0.4 is 9.80 Å². The fraction of sp³-hybridized carbons (Fsp3) is 0. The van der Waals surface area contributed by atoms with E-state index in [1.807, 2.05) is 60.7 Å². The second-order valence-corrected chi connectivity index (χ2v) is 10.7. The lowest BCUT2D eigenvalue weighted by Crippen LogP contribution is -2.29. The summed E-state index contributed by atoms with van der Waals surface area (Å²) in [5, 5.41) is 3.30. The van der Waals surface area contributed by atoms with E-state index in [9.17, 15) is 24.0 Å².